The second-order valence-electron chi connectivity index (χ2n) is 5.92. The third-order valence-electron chi connectivity index (χ3n) is 4.66. The van der Waals surface area contributed by atoms with E-state index in [0.29, 0.717) is 17.6 Å². The van der Waals surface area contributed by atoms with Gasteiger partial charge in [-0.1, -0.05) is 13.8 Å². The lowest BCUT2D eigenvalue weighted by molar-refractivity contribution is -0.131. The molecule has 0 aliphatic carbocycles. The number of Topliss-reactive ketones (excluding diaryl/α,β-unsaturated/α-hetero) is 1. The van der Waals surface area contributed by atoms with Crippen molar-refractivity contribution in [3.05, 3.63) is 0 Å². The van der Waals surface area contributed by atoms with Crippen LogP contribution in [0, 0.1) is 17.3 Å². The number of nitrogens with one attached hydrogen (secondary N) is 1. The SMILES string of the molecule is CC(C)C1(C(=O)CC2CCOCC2)CCNC1. The molecule has 2 aliphatic heterocycles. The zero-order chi connectivity index (χ0) is 12.3. The Kier molecular flexibility index (Phi) is 4.21. The van der Waals surface area contributed by atoms with Crippen LogP contribution < -0.4 is 5.32 Å². The first-order valence-electron chi connectivity index (χ1n) is 6.97. The second kappa shape index (κ2) is 5.49. The van der Waals surface area contributed by atoms with Crippen LogP contribution in [0.5, 0.6) is 0 Å². The molecular formula is C14H25NO2. The summed E-state index contributed by atoms with van der Waals surface area (Å²) in [6.07, 6.45) is 3.91. The largest absolute Gasteiger partial charge is 0.381 e. The minimum Gasteiger partial charge on any atom is -0.381 e. The molecule has 0 amide bonds. The van der Waals surface area contributed by atoms with Gasteiger partial charge in [0.2, 0.25) is 0 Å². The smallest absolute Gasteiger partial charge is 0.140 e. The molecule has 0 aromatic carbocycles. The van der Waals surface area contributed by atoms with E-state index in [1.165, 1.54) is 0 Å². The van der Waals surface area contributed by atoms with Gasteiger partial charge in [0.1, 0.15) is 5.78 Å². The summed E-state index contributed by atoms with van der Waals surface area (Å²) >= 11 is 0. The Morgan fingerprint density at radius 1 is 1.41 bits per heavy atom. The van der Waals surface area contributed by atoms with Gasteiger partial charge in [-0.2, -0.15) is 0 Å². The third-order valence-corrected chi connectivity index (χ3v) is 4.66. The zero-order valence-electron chi connectivity index (χ0n) is 11.1. The minimum absolute atomic E-state index is 0.0850. The van der Waals surface area contributed by atoms with E-state index in [2.05, 4.69) is 19.2 Å². The van der Waals surface area contributed by atoms with Gasteiger partial charge in [-0.05, 0) is 37.6 Å². The van der Waals surface area contributed by atoms with E-state index < -0.39 is 0 Å². The molecule has 0 radical (unpaired) electrons. The number of ether oxygens (including phenoxy) is 1. The lowest BCUT2D eigenvalue weighted by Gasteiger charge is -2.33. The van der Waals surface area contributed by atoms with Crippen molar-refractivity contribution in [1.29, 1.82) is 0 Å². The molecule has 2 rings (SSSR count). The minimum atomic E-state index is -0.0850. The molecule has 2 saturated heterocycles. The molecule has 2 aliphatic rings. The maximum atomic E-state index is 12.6. The van der Waals surface area contributed by atoms with Gasteiger partial charge in [0, 0.05) is 31.6 Å². The van der Waals surface area contributed by atoms with Crippen LogP contribution >= 0.6 is 0 Å². The van der Waals surface area contributed by atoms with Gasteiger partial charge in [0.05, 0.1) is 0 Å². The molecule has 0 saturated carbocycles. The fourth-order valence-electron chi connectivity index (χ4n) is 3.18. The van der Waals surface area contributed by atoms with E-state index in [0.717, 1.165) is 52.0 Å². The van der Waals surface area contributed by atoms with Crippen molar-refractivity contribution in [2.24, 2.45) is 17.3 Å². The Morgan fingerprint density at radius 2 is 2.12 bits per heavy atom. The fraction of sp³-hybridized carbons (Fsp3) is 0.929. The molecule has 1 unspecified atom stereocenters. The van der Waals surface area contributed by atoms with Crippen LogP contribution in [0.25, 0.3) is 0 Å². The van der Waals surface area contributed by atoms with Gasteiger partial charge in [-0.3, -0.25) is 4.79 Å². The summed E-state index contributed by atoms with van der Waals surface area (Å²) in [4.78, 5) is 12.6. The number of rotatable bonds is 4. The monoisotopic (exact) mass is 239 g/mol. The summed E-state index contributed by atoms with van der Waals surface area (Å²) in [5.74, 6) is 1.50. The molecule has 2 heterocycles. The molecule has 0 aromatic heterocycles. The maximum Gasteiger partial charge on any atom is 0.140 e. The molecule has 3 heteroatoms. The second-order valence-corrected chi connectivity index (χ2v) is 5.92. The van der Waals surface area contributed by atoms with Crippen LogP contribution in [-0.4, -0.2) is 32.1 Å². The Labute approximate surface area is 104 Å². The molecule has 0 spiro atoms. The summed E-state index contributed by atoms with van der Waals surface area (Å²) in [5, 5.41) is 3.37. The highest BCUT2D eigenvalue weighted by molar-refractivity contribution is 5.86. The van der Waals surface area contributed by atoms with Gasteiger partial charge in [-0.25, -0.2) is 0 Å². The fourth-order valence-corrected chi connectivity index (χ4v) is 3.18. The van der Waals surface area contributed by atoms with Gasteiger partial charge >= 0.3 is 0 Å². The normalized spacial score (nSPS) is 31.0. The van der Waals surface area contributed by atoms with E-state index >= 15 is 0 Å². The molecule has 0 aromatic rings. The lowest BCUT2D eigenvalue weighted by atomic mass is 9.70. The van der Waals surface area contributed by atoms with Crippen molar-refractivity contribution < 1.29 is 9.53 Å². The highest BCUT2D eigenvalue weighted by atomic mass is 16.5. The van der Waals surface area contributed by atoms with Gasteiger partial charge < -0.3 is 10.1 Å². The summed E-state index contributed by atoms with van der Waals surface area (Å²) < 4.78 is 5.36. The van der Waals surface area contributed by atoms with Gasteiger partial charge in [-0.15, -0.1) is 0 Å². The number of hydrogen-bond acceptors (Lipinski definition) is 3. The topological polar surface area (TPSA) is 38.3 Å². The summed E-state index contributed by atoms with van der Waals surface area (Å²) in [6, 6.07) is 0. The lowest BCUT2D eigenvalue weighted by Crippen LogP contribution is -2.39. The van der Waals surface area contributed by atoms with Gasteiger partial charge in [0.15, 0.2) is 0 Å². The predicted octanol–water partition coefficient (Wildman–Crippen LogP) is 2.01. The summed E-state index contributed by atoms with van der Waals surface area (Å²) in [6.45, 7) is 7.93. The molecule has 17 heavy (non-hydrogen) atoms. The van der Waals surface area contributed by atoms with Crippen LogP contribution in [0.3, 0.4) is 0 Å². The van der Waals surface area contributed by atoms with Crippen molar-refractivity contribution in [3.63, 3.8) is 0 Å². The van der Waals surface area contributed by atoms with Crippen LogP contribution in [0.15, 0.2) is 0 Å². The number of hydrogen-bond donors (Lipinski definition) is 1. The molecule has 98 valence electrons. The van der Waals surface area contributed by atoms with Crippen LogP contribution in [0.2, 0.25) is 0 Å². The van der Waals surface area contributed by atoms with Crippen LogP contribution in [0.4, 0.5) is 0 Å². The Balaban J connectivity index is 1.96. The molecule has 3 nitrogen and oxygen atoms in total. The van der Waals surface area contributed by atoms with E-state index in [-0.39, 0.29) is 5.41 Å². The first-order chi connectivity index (χ1) is 8.15. The van der Waals surface area contributed by atoms with Crippen LogP contribution in [0.1, 0.15) is 39.5 Å². The molecule has 1 N–H and O–H groups in total. The van der Waals surface area contributed by atoms with Crippen molar-refractivity contribution in [3.8, 4) is 0 Å². The highest BCUT2D eigenvalue weighted by Crippen LogP contribution is 2.38. The van der Waals surface area contributed by atoms with Crippen molar-refractivity contribution in [1.82, 2.24) is 5.32 Å². The Bertz CT molecular complexity index is 263. The Hall–Kier alpha value is -0.410. The molecule has 1 atom stereocenters. The van der Waals surface area contributed by atoms with E-state index in [4.69, 9.17) is 4.74 Å². The Morgan fingerprint density at radius 3 is 2.65 bits per heavy atom. The molecule has 0 bridgehead atoms. The maximum absolute atomic E-state index is 12.6. The van der Waals surface area contributed by atoms with E-state index in [1.807, 2.05) is 0 Å². The summed E-state index contributed by atoms with van der Waals surface area (Å²) in [7, 11) is 0. The average molecular weight is 239 g/mol. The molecule has 2 fully saturated rings. The van der Waals surface area contributed by atoms with Crippen molar-refractivity contribution >= 4 is 5.78 Å². The first kappa shape index (κ1) is 13.0. The standard InChI is InChI=1S/C14H25NO2/c1-11(2)14(5-6-15-10-14)13(16)9-12-3-7-17-8-4-12/h11-12,15H,3-10H2,1-2H3. The van der Waals surface area contributed by atoms with Crippen molar-refractivity contribution in [2.45, 2.75) is 39.5 Å². The quantitative estimate of drug-likeness (QED) is 0.815. The third kappa shape index (κ3) is 2.71. The number of ketones is 1. The summed E-state index contributed by atoms with van der Waals surface area (Å²) in [5.41, 5.74) is -0.0850. The number of carbonyl (C=O) groups excluding carboxylic acids is 1. The van der Waals surface area contributed by atoms with E-state index in [9.17, 15) is 4.79 Å². The van der Waals surface area contributed by atoms with Gasteiger partial charge in [0.25, 0.3) is 0 Å². The van der Waals surface area contributed by atoms with Crippen LogP contribution in [-0.2, 0) is 9.53 Å². The number of carbonyl (C=O) groups is 1. The zero-order valence-corrected chi connectivity index (χ0v) is 11.1. The first-order valence-corrected chi connectivity index (χ1v) is 6.97. The molecular weight excluding hydrogens is 214 g/mol. The van der Waals surface area contributed by atoms with Crippen molar-refractivity contribution in [2.75, 3.05) is 26.3 Å². The van der Waals surface area contributed by atoms with E-state index in [1.54, 1.807) is 0 Å². The predicted molar refractivity (Wildman–Crippen MR) is 67.9 cm³/mol. The highest BCUT2D eigenvalue weighted by Gasteiger charge is 2.43. The average Bonchev–Trinajstić information content (AvgIpc) is 2.80.